The average Bonchev–Trinajstić information content (AvgIpc) is 3.16. The molecule has 0 radical (unpaired) electrons. The summed E-state index contributed by atoms with van der Waals surface area (Å²) in [7, 11) is 3.41. The minimum atomic E-state index is 0.0370. The molecule has 3 aromatic rings. The van der Waals surface area contributed by atoms with E-state index in [0.717, 1.165) is 16.9 Å². The number of aryl methyl sites for hydroxylation is 1. The molecule has 1 heterocycles. The molecule has 0 saturated heterocycles. The SMILES string of the molecule is COc1cccc(-c2noc(CCC(=O)N(C)Cc3ccccc3)n2)c1. The predicted molar refractivity (Wildman–Crippen MR) is 97.5 cm³/mol. The Bertz CT molecular complexity index is 862. The normalized spacial score (nSPS) is 10.5. The molecule has 0 N–H and O–H groups in total. The van der Waals surface area contributed by atoms with Crippen LogP contribution in [0.25, 0.3) is 11.4 Å². The van der Waals surface area contributed by atoms with Crippen LogP contribution in [0.3, 0.4) is 0 Å². The fourth-order valence-electron chi connectivity index (χ4n) is 2.59. The van der Waals surface area contributed by atoms with E-state index in [-0.39, 0.29) is 5.91 Å². The number of carbonyl (C=O) groups is 1. The smallest absolute Gasteiger partial charge is 0.227 e. The third-order valence-electron chi connectivity index (χ3n) is 4.04. The highest BCUT2D eigenvalue weighted by Crippen LogP contribution is 2.21. The number of hydrogen-bond acceptors (Lipinski definition) is 5. The predicted octanol–water partition coefficient (Wildman–Crippen LogP) is 3.34. The summed E-state index contributed by atoms with van der Waals surface area (Å²) in [6, 6.07) is 17.3. The molecule has 0 atom stereocenters. The van der Waals surface area contributed by atoms with Crippen molar-refractivity contribution < 1.29 is 14.1 Å². The first-order valence-corrected chi connectivity index (χ1v) is 8.40. The molecule has 0 aliphatic rings. The quantitative estimate of drug-likeness (QED) is 0.653. The lowest BCUT2D eigenvalue weighted by Gasteiger charge is -2.16. The minimum Gasteiger partial charge on any atom is -0.497 e. The standard InChI is InChI=1S/C20H21N3O3/c1-23(14-15-7-4-3-5-8-15)19(24)12-11-18-21-20(22-26-18)16-9-6-10-17(13-16)25-2/h3-10,13H,11-12,14H2,1-2H3. The van der Waals surface area contributed by atoms with Crippen molar-refractivity contribution in [3.63, 3.8) is 0 Å². The van der Waals surface area contributed by atoms with Crippen molar-refractivity contribution in [1.29, 1.82) is 0 Å². The molecular weight excluding hydrogens is 330 g/mol. The Balaban J connectivity index is 1.56. The Kier molecular flexibility index (Phi) is 5.63. The fourth-order valence-corrected chi connectivity index (χ4v) is 2.59. The van der Waals surface area contributed by atoms with E-state index in [4.69, 9.17) is 9.26 Å². The summed E-state index contributed by atoms with van der Waals surface area (Å²) < 4.78 is 10.5. The minimum absolute atomic E-state index is 0.0370. The van der Waals surface area contributed by atoms with Crippen LogP contribution in [0.2, 0.25) is 0 Å². The Morgan fingerprint density at radius 2 is 1.96 bits per heavy atom. The van der Waals surface area contributed by atoms with Crippen molar-refractivity contribution in [2.75, 3.05) is 14.2 Å². The van der Waals surface area contributed by atoms with Gasteiger partial charge in [-0.05, 0) is 17.7 Å². The highest BCUT2D eigenvalue weighted by atomic mass is 16.5. The van der Waals surface area contributed by atoms with Crippen LogP contribution >= 0.6 is 0 Å². The zero-order valence-corrected chi connectivity index (χ0v) is 14.9. The van der Waals surface area contributed by atoms with Crippen molar-refractivity contribution in [1.82, 2.24) is 15.0 Å². The second kappa shape index (κ2) is 8.29. The highest BCUT2D eigenvalue weighted by molar-refractivity contribution is 5.76. The molecule has 1 aromatic heterocycles. The van der Waals surface area contributed by atoms with Crippen molar-refractivity contribution >= 4 is 5.91 Å². The molecule has 6 heteroatoms. The van der Waals surface area contributed by atoms with Gasteiger partial charge in [0.15, 0.2) is 0 Å². The van der Waals surface area contributed by atoms with E-state index in [1.54, 1.807) is 19.1 Å². The highest BCUT2D eigenvalue weighted by Gasteiger charge is 2.14. The summed E-state index contributed by atoms with van der Waals surface area (Å²) in [6.07, 6.45) is 0.734. The fraction of sp³-hybridized carbons (Fsp3) is 0.250. The summed E-state index contributed by atoms with van der Waals surface area (Å²) in [5, 5.41) is 3.99. The first kappa shape index (κ1) is 17.7. The Morgan fingerprint density at radius 1 is 1.15 bits per heavy atom. The second-order valence-electron chi connectivity index (χ2n) is 5.98. The van der Waals surface area contributed by atoms with Crippen LogP contribution in [-0.4, -0.2) is 35.1 Å². The van der Waals surface area contributed by atoms with Crippen molar-refractivity contribution in [2.24, 2.45) is 0 Å². The maximum Gasteiger partial charge on any atom is 0.227 e. The van der Waals surface area contributed by atoms with Gasteiger partial charge in [-0.25, -0.2) is 0 Å². The molecule has 0 aliphatic carbocycles. The zero-order chi connectivity index (χ0) is 18.4. The van der Waals surface area contributed by atoms with Crippen LogP contribution < -0.4 is 4.74 Å². The van der Waals surface area contributed by atoms with Gasteiger partial charge in [-0.1, -0.05) is 47.6 Å². The Labute approximate surface area is 152 Å². The van der Waals surface area contributed by atoms with Gasteiger partial charge in [-0.15, -0.1) is 0 Å². The molecular formula is C20H21N3O3. The molecule has 0 fully saturated rings. The van der Waals surface area contributed by atoms with Crippen LogP contribution in [0, 0.1) is 0 Å². The van der Waals surface area contributed by atoms with Crippen molar-refractivity contribution in [3.05, 3.63) is 66.1 Å². The van der Waals surface area contributed by atoms with E-state index in [2.05, 4.69) is 10.1 Å². The molecule has 134 valence electrons. The molecule has 6 nitrogen and oxygen atoms in total. The van der Waals surface area contributed by atoms with Crippen LogP contribution in [0.4, 0.5) is 0 Å². The van der Waals surface area contributed by atoms with Gasteiger partial charge in [0.05, 0.1) is 7.11 Å². The number of nitrogens with zero attached hydrogens (tertiary/aromatic N) is 3. The van der Waals surface area contributed by atoms with Crippen LogP contribution in [0.5, 0.6) is 5.75 Å². The number of benzene rings is 2. The molecule has 0 saturated carbocycles. The van der Waals surface area contributed by atoms with Gasteiger partial charge in [0.2, 0.25) is 17.6 Å². The number of rotatable bonds is 7. The maximum absolute atomic E-state index is 12.3. The topological polar surface area (TPSA) is 68.5 Å². The molecule has 1 amide bonds. The lowest BCUT2D eigenvalue weighted by molar-refractivity contribution is -0.130. The number of amides is 1. The summed E-state index contributed by atoms with van der Waals surface area (Å²) in [4.78, 5) is 18.4. The Hall–Kier alpha value is -3.15. The molecule has 0 unspecified atom stereocenters. The van der Waals surface area contributed by atoms with Crippen LogP contribution in [0.15, 0.2) is 59.1 Å². The first-order valence-electron chi connectivity index (χ1n) is 8.40. The van der Waals surface area contributed by atoms with Crippen LogP contribution in [0.1, 0.15) is 17.9 Å². The van der Waals surface area contributed by atoms with Gasteiger partial charge in [0, 0.05) is 32.0 Å². The number of ether oxygens (including phenoxy) is 1. The van der Waals surface area contributed by atoms with E-state index in [9.17, 15) is 4.79 Å². The zero-order valence-electron chi connectivity index (χ0n) is 14.9. The van der Waals surface area contributed by atoms with Gasteiger partial charge in [0.25, 0.3) is 0 Å². The molecule has 2 aromatic carbocycles. The number of hydrogen-bond donors (Lipinski definition) is 0. The van der Waals surface area contributed by atoms with E-state index in [1.165, 1.54) is 0 Å². The molecule has 0 aliphatic heterocycles. The summed E-state index contributed by atoms with van der Waals surface area (Å²) >= 11 is 0. The summed E-state index contributed by atoms with van der Waals surface area (Å²) in [6.45, 7) is 0.582. The van der Waals surface area contributed by atoms with Gasteiger partial charge < -0.3 is 14.2 Å². The van der Waals surface area contributed by atoms with Crippen LogP contribution in [-0.2, 0) is 17.8 Å². The lowest BCUT2D eigenvalue weighted by Crippen LogP contribution is -2.26. The largest absolute Gasteiger partial charge is 0.497 e. The second-order valence-corrected chi connectivity index (χ2v) is 5.98. The van der Waals surface area contributed by atoms with E-state index in [0.29, 0.717) is 31.1 Å². The summed E-state index contributed by atoms with van der Waals surface area (Å²) in [5.41, 5.74) is 1.91. The maximum atomic E-state index is 12.3. The van der Waals surface area contributed by atoms with Gasteiger partial charge >= 0.3 is 0 Å². The molecule has 0 spiro atoms. The number of methoxy groups -OCH3 is 1. The van der Waals surface area contributed by atoms with Crippen molar-refractivity contribution in [3.8, 4) is 17.1 Å². The average molecular weight is 351 g/mol. The summed E-state index contributed by atoms with van der Waals surface area (Å²) in [5.74, 6) is 1.70. The van der Waals surface area contributed by atoms with Gasteiger partial charge in [-0.3, -0.25) is 4.79 Å². The molecule has 3 rings (SSSR count). The third kappa shape index (κ3) is 4.47. The number of carbonyl (C=O) groups excluding carboxylic acids is 1. The monoisotopic (exact) mass is 351 g/mol. The third-order valence-corrected chi connectivity index (χ3v) is 4.04. The van der Waals surface area contributed by atoms with Gasteiger partial charge in [0.1, 0.15) is 5.75 Å². The molecule has 0 bridgehead atoms. The number of aromatic nitrogens is 2. The van der Waals surface area contributed by atoms with E-state index < -0.39 is 0 Å². The Morgan fingerprint density at radius 3 is 2.73 bits per heavy atom. The lowest BCUT2D eigenvalue weighted by atomic mass is 10.2. The van der Waals surface area contributed by atoms with E-state index in [1.807, 2.05) is 54.6 Å². The molecule has 26 heavy (non-hydrogen) atoms. The van der Waals surface area contributed by atoms with E-state index >= 15 is 0 Å². The van der Waals surface area contributed by atoms with Gasteiger partial charge in [-0.2, -0.15) is 4.98 Å². The first-order chi connectivity index (χ1) is 12.7. The van der Waals surface area contributed by atoms with Crippen molar-refractivity contribution in [2.45, 2.75) is 19.4 Å².